The van der Waals surface area contributed by atoms with Crippen molar-refractivity contribution >= 4 is 39.1 Å². The minimum Gasteiger partial charge on any atom is -0.484 e. The van der Waals surface area contributed by atoms with Gasteiger partial charge in [-0.05, 0) is 55.3 Å². The lowest BCUT2D eigenvalue weighted by molar-refractivity contribution is -0.118. The zero-order valence-corrected chi connectivity index (χ0v) is 14.1. The van der Waals surface area contributed by atoms with Crippen LogP contribution in [0, 0.1) is 13.8 Å². The molecule has 0 aromatic heterocycles. The molecule has 21 heavy (non-hydrogen) atoms. The number of ether oxygens (including phenoxy) is 1. The van der Waals surface area contributed by atoms with Crippen LogP contribution in [0.25, 0.3) is 0 Å². The molecule has 0 spiro atoms. The third-order valence-corrected chi connectivity index (χ3v) is 4.25. The van der Waals surface area contributed by atoms with Crippen LogP contribution in [0.3, 0.4) is 0 Å². The summed E-state index contributed by atoms with van der Waals surface area (Å²) in [7, 11) is 0. The number of carbonyl (C=O) groups excluding carboxylic acids is 1. The quantitative estimate of drug-likeness (QED) is 0.846. The second-order valence-corrected chi connectivity index (χ2v) is 5.97. The summed E-state index contributed by atoms with van der Waals surface area (Å²) < 4.78 is 6.47. The summed E-state index contributed by atoms with van der Waals surface area (Å²) >= 11 is 9.43. The van der Waals surface area contributed by atoms with Gasteiger partial charge in [-0.2, -0.15) is 0 Å². The van der Waals surface area contributed by atoms with Crippen LogP contribution in [0.5, 0.6) is 5.75 Å². The predicted molar refractivity (Wildman–Crippen MR) is 89.2 cm³/mol. The highest BCUT2D eigenvalue weighted by Gasteiger charge is 2.06. The van der Waals surface area contributed by atoms with Crippen molar-refractivity contribution in [2.24, 2.45) is 0 Å². The first kappa shape index (κ1) is 15.9. The van der Waals surface area contributed by atoms with E-state index in [0.717, 1.165) is 15.6 Å². The summed E-state index contributed by atoms with van der Waals surface area (Å²) in [6, 6.07) is 11.0. The van der Waals surface area contributed by atoms with Crippen molar-refractivity contribution < 1.29 is 9.53 Å². The lowest BCUT2D eigenvalue weighted by Gasteiger charge is -2.09. The third kappa shape index (κ3) is 4.48. The van der Waals surface area contributed by atoms with E-state index < -0.39 is 0 Å². The fourth-order valence-corrected chi connectivity index (χ4v) is 2.15. The molecule has 0 saturated heterocycles. The molecule has 2 aromatic rings. The first-order chi connectivity index (χ1) is 9.95. The molecule has 0 fully saturated rings. The first-order valence-electron chi connectivity index (χ1n) is 6.40. The minimum absolute atomic E-state index is 0.0490. The van der Waals surface area contributed by atoms with Gasteiger partial charge in [0.1, 0.15) is 5.75 Å². The number of anilines is 1. The van der Waals surface area contributed by atoms with Crippen molar-refractivity contribution in [3.8, 4) is 5.75 Å². The molecule has 0 bridgehead atoms. The SMILES string of the molecule is Cc1ccc(NC(=O)COc2ccc(Br)c(C)c2)cc1Cl. The van der Waals surface area contributed by atoms with Gasteiger partial charge in [-0.1, -0.05) is 33.6 Å². The molecule has 110 valence electrons. The van der Waals surface area contributed by atoms with Gasteiger partial charge in [-0.3, -0.25) is 4.79 Å². The molecule has 0 radical (unpaired) electrons. The Morgan fingerprint density at radius 2 is 1.95 bits per heavy atom. The molecule has 0 aliphatic carbocycles. The average Bonchev–Trinajstić information content (AvgIpc) is 2.44. The lowest BCUT2D eigenvalue weighted by Crippen LogP contribution is -2.20. The molecule has 2 rings (SSSR count). The average molecular weight is 369 g/mol. The second-order valence-electron chi connectivity index (χ2n) is 4.71. The summed E-state index contributed by atoms with van der Waals surface area (Å²) in [5.41, 5.74) is 2.68. The van der Waals surface area contributed by atoms with E-state index in [-0.39, 0.29) is 12.5 Å². The van der Waals surface area contributed by atoms with E-state index >= 15 is 0 Å². The normalized spacial score (nSPS) is 10.3. The van der Waals surface area contributed by atoms with Crippen molar-refractivity contribution in [3.63, 3.8) is 0 Å². The number of amides is 1. The van der Waals surface area contributed by atoms with Gasteiger partial charge in [-0.25, -0.2) is 0 Å². The van der Waals surface area contributed by atoms with Crippen molar-refractivity contribution in [1.82, 2.24) is 0 Å². The van der Waals surface area contributed by atoms with E-state index in [1.807, 2.05) is 44.2 Å². The number of rotatable bonds is 4. The van der Waals surface area contributed by atoms with Gasteiger partial charge in [0.05, 0.1) is 0 Å². The lowest BCUT2D eigenvalue weighted by atomic mass is 10.2. The Morgan fingerprint density at radius 1 is 1.19 bits per heavy atom. The topological polar surface area (TPSA) is 38.3 Å². The van der Waals surface area contributed by atoms with Crippen LogP contribution < -0.4 is 10.1 Å². The van der Waals surface area contributed by atoms with Crippen LogP contribution in [0.15, 0.2) is 40.9 Å². The smallest absolute Gasteiger partial charge is 0.262 e. The highest BCUT2D eigenvalue weighted by atomic mass is 79.9. The molecule has 5 heteroatoms. The molecular formula is C16H15BrClNO2. The summed E-state index contributed by atoms with van der Waals surface area (Å²) in [5.74, 6) is 0.434. The van der Waals surface area contributed by atoms with Gasteiger partial charge in [0.2, 0.25) is 0 Å². The van der Waals surface area contributed by atoms with Crippen LogP contribution in [0.4, 0.5) is 5.69 Å². The molecule has 0 atom stereocenters. The molecule has 1 N–H and O–H groups in total. The highest BCUT2D eigenvalue weighted by Crippen LogP contribution is 2.22. The predicted octanol–water partition coefficient (Wildman–Crippen LogP) is 4.74. The number of halogens is 2. The molecule has 0 aliphatic rings. The maximum Gasteiger partial charge on any atom is 0.262 e. The second kappa shape index (κ2) is 6.96. The van der Waals surface area contributed by atoms with Crippen LogP contribution in [0.1, 0.15) is 11.1 Å². The largest absolute Gasteiger partial charge is 0.484 e. The van der Waals surface area contributed by atoms with Gasteiger partial charge < -0.3 is 10.1 Å². The maximum absolute atomic E-state index is 11.8. The Balaban J connectivity index is 1.92. The number of hydrogen-bond donors (Lipinski definition) is 1. The molecule has 2 aromatic carbocycles. The summed E-state index contributed by atoms with van der Waals surface area (Å²) in [6.07, 6.45) is 0. The van der Waals surface area contributed by atoms with E-state index in [0.29, 0.717) is 16.5 Å². The Hall–Kier alpha value is -1.52. The highest BCUT2D eigenvalue weighted by molar-refractivity contribution is 9.10. The number of hydrogen-bond acceptors (Lipinski definition) is 2. The molecule has 1 amide bonds. The number of aryl methyl sites for hydroxylation is 2. The van der Waals surface area contributed by atoms with Gasteiger partial charge in [-0.15, -0.1) is 0 Å². The van der Waals surface area contributed by atoms with Crippen LogP contribution in [-0.4, -0.2) is 12.5 Å². The van der Waals surface area contributed by atoms with Crippen molar-refractivity contribution in [2.75, 3.05) is 11.9 Å². The molecule has 0 saturated carbocycles. The van der Waals surface area contributed by atoms with E-state index in [1.165, 1.54) is 0 Å². The van der Waals surface area contributed by atoms with Gasteiger partial charge in [0.25, 0.3) is 5.91 Å². The standard InChI is InChI=1S/C16H15BrClNO2/c1-10-3-4-12(8-15(10)18)19-16(20)9-21-13-5-6-14(17)11(2)7-13/h3-8H,9H2,1-2H3,(H,19,20). The minimum atomic E-state index is -0.226. The van der Waals surface area contributed by atoms with Crippen molar-refractivity contribution in [1.29, 1.82) is 0 Å². The van der Waals surface area contributed by atoms with Crippen molar-refractivity contribution in [3.05, 3.63) is 57.0 Å². The summed E-state index contributed by atoms with van der Waals surface area (Å²) in [4.78, 5) is 11.8. The van der Waals surface area contributed by atoms with Crippen molar-refractivity contribution in [2.45, 2.75) is 13.8 Å². The molecular weight excluding hydrogens is 354 g/mol. The summed E-state index contributed by atoms with van der Waals surface area (Å²) in [6.45, 7) is 3.82. The van der Waals surface area contributed by atoms with Gasteiger partial charge in [0.15, 0.2) is 6.61 Å². The van der Waals surface area contributed by atoms with E-state index in [2.05, 4.69) is 21.2 Å². The Labute approximate surface area is 137 Å². The maximum atomic E-state index is 11.8. The van der Waals surface area contributed by atoms with E-state index in [9.17, 15) is 4.79 Å². The summed E-state index contributed by atoms with van der Waals surface area (Å²) in [5, 5.41) is 3.37. The molecule has 0 unspecified atom stereocenters. The number of nitrogens with one attached hydrogen (secondary N) is 1. The number of carbonyl (C=O) groups is 1. The molecule has 0 aliphatic heterocycles. The Kier molecular flexibility index (Phi) is 5.26. The Bertz CT molecular complexity index is 673. The van der Waals surface area contributed by atoms with Gasteiger partial charge >= 0.3 is 0 Å². The first-order valence-corrected chi connectivity index (χ1v) is 7.58. The number of benzene rings is 2. The fourth-order valence-electron chi connectivity index (χ4n) is 1.72. The van der Waals surface area contributed by atoms with Gasteiger partial charge in [0, 0.05) is 15.2 Å². The van der Waals surface area contributed by atoms with E-state index in [4.69, 9.17) is 16.3 Å². The molecule has 3 nitrogen and oxygen atoms in total. The zero-order valence-electron chi connectivity index (χ0n) is 11.7. The molecule has 0 heterocycles. The van der Waals surface area contributed by atoms with E-state index in [1.54, 1.807) is 6.07 Å². The Morgan fingerprint density at radius 3 is 2.62 bits per heavy atom. The van der Waals surface area contributed by atoms with Crippen LogP contribution in [0.2, 0.25) is 5.02 Å². The third-order valence-electron chi connectivity index (χ3n) is 2.95. The zero-order chi connectivity index (χ0) is 15.4. The monoisotopic (exact) mass is 367 g/mol. The van der Waals surface area contributed by atoms with Crippen LogP contribution >= 0.6 is 27.5 Å². The van der Waals surface area contributed by atoms with Crippen LogP contribution in [-0.2, 0) is 4.79 Å². The fraction of sp³-hybridized carbons (Fsp3) is 0.188.